The minimum absolute atomic E-state index is 0.0336. The average Bonchev–Trinajstić information content (AvgIpc) is 2.18. The smallest absolute Gasteiger partial charge is 0.408 e. The summed E-state index contributed by atoms with van der Waals surface area (Å²) in [6.07, 6.45) is -2.22. The minimum Gasteiger partial charge on any atom is -0.481 e. The number of carboxylic acids is 1. The van der Waals surface area contributed by atoms with Gasteiger partial charge in [-0.2, -0.15) is 0 Å². The number of amides is 1. The summed E-state index contributed by atoms with van der Waals surface area (Å²) in [7, 11) is 0. The van der Waals surface area contributed by atoms with Crippen LogP contribution < -0.4 is 5.32 Å². The Kier molecular flexibility index (Phi) is 7.12. The molecule has 7 nitrogen and oxygen atoms in total. The van der Waals surface area contributed by atoms with Crippen molar-refractivity contribution in [2.24, 2.45) is 0 Å². The summed E-state index contributed by atoms with van der Waals surface area (Å²) in [5.74, 6) is -1.02. The first-order valence-corrected chi connectivity index (χ1v) is 6.87. The average molecular weight is 305 g/mol. The molecule has 0 heterocycles. The Morgan fingerprint density at radius 1 is 1.10 bits per heavy atom. The Labute approximate surface area is 125 Å². The van der Waals surface area contributed by atoms with Crippen LogP contribution in [0, 0.1) is 0 Å². The molecule has 21 heavy (non-hydrogen) atoms. The molecule has 3 N–H and O–H groups in total. The number of carboxylic acid groups (broad SMARTS) is 1. The maximum atomic E-state index is 11.7. The predicted molar refractivity (Wildman–Crippen MR) is 76.9 cm³/mol. The molecule has 0 aromatic heterocycles. The first-order chi connectivity index (χ1) is 9.30. The van der Waals surface area contributed by atoms with E-state index in [0.717, 1.165) is 0 Å². The molecule has 0 unspecified atom stereocenters. The van der Waals surface area contributed by atoms with Crippen LogP contribution in [-0.4, -0.2) is 45.8 Å². The van der Waals surface area contributed by atoms with Gasteiger partial charge in [-0.1, -0.05) is 0 Å². The summed E-state index contributed by atoms with van der Waals surface area (Å²) in [5.41, 5.74) is -1.31. The highest BCUT2D eigenvalue weighted by molar-refractivity contribution is 5.69. The number of hydrogen-bond acceptors (Lipinski definition) is 5. The van der Waals surface area contributed by atoms with Crippen LogP contribution in [0.15, 0.2) is 0 Å². The molecule has 0 aromatic carbocycles. The van der Waals surface area contributed by atoms with Gasteiger partial charge in [-0.3, -0.25) is 4.79 Å². The van der Waals surface area contributed by atoms with Gasteiger partial charge in [0.1, 0.15) is 5.60 Å². The van der Waals surface area contributed by atoms with Gasteiger partial charge in [0, 0.05) is 6.42 Å². The third-order valence-corrected chi connectivity index (χ3v) is 2.19. The predicted octanol–water partition coefficient (Wildman–Crippen LogP) is 1.88. The molecule has 0 rings (SSSR count). The Morgan fingerprint density at radius 2 is 1.62 bits per heavy atom. The first kappa shape index (κ1) is 19.7. The largest absolute Gasteiger partial charge is 0.481 e. The van der Waals surface area contributed by atoms with Gasteiger partial charge in [0.05, 0.1) is 11.6 Å². The van der Waals surface area contributed by atoms with Gasteiger partial charge in [-0.15, -0.1) is 0 Å². The second-order valence-corrected chi connectivity index (χ2v) is 6.81. The van der Waals surface area contributed by atoms with E-state index in [1.54, 1.807) is 41.5 Å². The van der Waals surface area contributed by atoms with E-state index in [0.29, 0.717) is 0 Å². The molecular formula is C14H27NO6. The van der Waals surface area contributed by atoms with Crippen molar-refractivity contribution in [1.82, 2.24) is 5.32 Å². The van der Waals surface area contributed by atoms with Gasteiger partial charge < -0.3 is 25.0 Å². The van der Waals surface area contributed by atoms with E-state index in [2.05, 4.69) is 5.32 Å². The number of aliphatic hydroxyl groups excluding tert-OH is 1. The zero-order chi connectivity index (χ0) is 16.8. The fourth-order valence-corrected chi connectivity index (χ4v) is 1.47. The summed E-state index contributed by atoms with van der Waals surface area (Å²) >= 11 is 0. The van der Waals surface area contributed by atoms with Crippen LogP contribution in [0.1, 0.15) is 54.4 Å². The zero-order valence-electron chi connectivity index (χ0n) is 13.6. The maximum Gasteiger partial charge on any atom is 0.408 e. The lowest BCUT2D eigenvalue weighted by molar-refractivity contribution is -0.181. The quantitative estimate of drug-likeness (QED) is 0.647. The van der Waals surface area contributed by atoms with Gasteiger partial charge in [0.15, 0.2) is 6.29 Å². The number of alkyl carbamates (subject to hydrolysis) is 1. The monoisotopic (exact) mass is 305 g/mol. The van der Waals surface area contributed by atoms with Crippen LogP contribution in [0.4, 0.5) is 4.79 Å². The van der Waals surface area contributed by atoms with E-state index >= 15 is 0 Å². The molecule has 0 saturated carbocycles. The molecule has 0 spiro atoms. The molecule has 1 amide bonds. The standard InChI is InChI=1S/C14H27NO6/c1-13(2,3)20-11(18)9(7-8-10(16)17)15-12(19)21-14(4,5)6/h9,11,18H,7-8H2,1-6H3,(H,15,19)(H,16,17)/t9-,11-/m0/s1. The summed E-state index contributed by atoms with van der Waals surface area (Å²) in [6, 6.07) is -0.866. The number of carbonyl (C=O) groups is 2. The van der Waals surface area contributed by atoms with Crippen LogP contribution in [0.5, 0.6) is 0 Å². The normalized spacial score (nSPS) is 15.2. The number of hydrogen-bond donors (Lipinski definition) is 3. The van der Waals surface area contributed by atoms with Gasteiger partial charge in [0.25, 0.3) is 0 Å². The van der Waals surface area contributed by atoms with Crippen LogP contribution in [0.25, 0.3) is 0 Å². The summed E-state index contributed by atoms with van der Waals surface area (Å²) in [6.45, 7) is 10.4. The molecule has 0 radical (unpaired) electrons. The van der Waals surface area contributed by atoms with E-state index in [4.69, 9.17) is 14.6 Å². The van der Waals surface area contributed by atoms with E-state index in [9.17, 15) is 14.7 Å². The lowest BCUT2D eigenvalue weighted by Gasteiger charge is -2.30. The van der Waals surface area contributed by atoms with Crippen LogP contribution in [0.2, 0.25) is 0 Å². The number of rotatable bonds is 6. The van der Waals surface area contributed by atoms with E-state index in [1.165, 1.54) is 0 Å². The molecule has 7 heteroatoms. The second kappa shape index (κ2) is 7.61. The van der Waals surface area contributed by atoms with Crippen molar-refractivity contribution in [2.45, 2.75) is 77.9 Å². The van der Waals surface area contributed by atoms with Crippen LogP contribution in [-0.2, 0) is 14.3 Å². The second-order valence-electron chi connectivity index (χ2n) is 6.81. The van der Waals surface area contributed by atoms with Crippen molar-refractivity contribution in [3.8, 4) is 0 Å². The Bertz CT molecular complexity index is 355. The van der Waals surface area contributed by atoms with Crippen molar-refractivity contribution in [1.29, 1.82) is 0 Å². The lowest BCUT2D eigenvalue weighted by Crippen LogP contribution is -2.48. The third-order valence-electron chi connectivity index (χ3n) is 2.19. The molecule has 0 bridgehead atoms. The molecule has 0 aromatic rings. The van der Waals surface area contributed by atoms with E-state index in [-0.39, 0.29) is 12.8 Å². The SMILES string of the molecule is CC(C)(C)OC(=O)N[C@@H](CCC(=O)O)[C@@H](O)OC(C)(C)C. The molecule has 0 aliphatic heterocycles. The van der Waals surface area contributed by atoms with Crippen molar-refractivity contribution < 1.29 is 29.3 Å². The molecule has 124 valence electrons. The highest BCUT2D eigenvalue weighted by Gasteiger charge is 2.28. The number of aliphatic hydroxyl groups is 1. The highest BCUT2D eigenvalue weighted by atomic mass is 16.6. The van der Waals surface area contributed by atoms with Crippen molar-refractivity contribution >= 4 is 12.1 Å². The Balaban J connectivity index is 4.72. The van der Waals surface area contributed by atoms with E-state index in [1.807, 2.05) is 0 Å². The molecular weight excluding hydrogens is 278 g/mol. The number of aliphatic carboxylic acids is 1. The van der Waals surface area contributed by atoms with Crippen LogP contribution in [0.3, 0.4) is 0 Å². The molecule has 0 fully saturated rings. The Morgan fingerprint density at radius 3 is 2.00 bits per heavy atom. The van der Waals surface area contributed by atoms with Gasteiger partial charge in [0.2, 0.25) is 0 Å². The van der Waals surface area contributed by atoms with E-state index < -0.39 is 35.6 Å². The van der Waals surface area contributed by atoms with Gasteiger partial charge in [-0.05, 0) is 48.0 Å². The van der Waals surface area contributed by atoms with Gasteiger partial charge in [-0.25, -0.2) is 4.79 Å². The number of ether oxygens (including phenoxy) is 2. The minimum atomic E-state index is -1.32. The van der Waals surface area contributed by atoms with Crippen molar-refractivity contribution in [3.63, 3.8) is 0 Å². The zero-order valence-corrected chi connectivity index (χ0v) is 13.6. The summed E-state index contributed by atoms with van der Waals surface area (Å²) in [5, 5.41) is 21.2. The number of nitrogens with one attached hydrogen (secondary N) is 1. The molecule has 0 aliphatic rings. The molecule has 2 atom stereocenters. The highest BCUT2D eigenvalue weighted by Crippen LogP contribution is 2.15. The fraction of sp³-hybridized carbons (Fsp3) is 0.857. The summed E-state index contributed by atoms with van der Waals surface area (Å²) in [4.78, 5) is 22.4. The summed E-state index contributed by atoms with van der Waals surface area (Å²) < 4.78 is 10.4. The molecule has 0 aliphatic carbocycles. The Hall–Kier alpha value is -1.34. The first-order valence-electron chi connectivity index (χ1n) is 6.87. The number of carbonyl (C=O) groups excluding carboxylic acids is 1. The van der Waals surface area contributed by atoms with Crippen molar-refractivity contribution in [3.05, 3.63) is 0 Å². The van der Waals surface area contributed by atoms with Crippen molar-refractivity contribution in [2.75, 3.05) is 0 Å². The fourth-order valence-electron chi connectivity index (χ4n) is 1.47. The lowest BCUT2D eigenvalue weighted by atomic mass is 10.1. The van der Waals surface area contributed by atoms with Crippen LogP contribution >= 0.6 is 0 Å². The van der Waals surface area contributed by atoms with Gasteiger partial charge >= 0.3 is 12.1 Å². The third kappa shape index (κ3) is 11.0. The molecule has 0 saturated heterocycles. The maximum absolute atomic E-state index is 11.7. The topological polar surface area (TPSA) is 105 Å².